The Bertz CT molecular complexity index is 733. The Morgan fingerprint density at radius 3 is 2.65 bits per heavy atom. The number of aliphatic hydroxyl groups is 1. The Morgan fingerprint density at radius 1 is 1.35 bits per heavy atom. The SMILES string of the molecule is COc1cc(C#N)ccc1Cn1cc(CCO)c(C(F)(F)F)n1. The van der Waals surface area contributed by atoms with Gasteiger partial charge >= 0.3 is 6.18 Å². The van der Waals surface area contributed by atoms with E-state index in [1.165, 1.54) is 19.4 Å². The van der Waals surface area contributed by atoms with Gasteiger partial charge in [0, 0.05) is 23.9 Å². The molecule has 0 fully saturated rings. The summed E-state index contributed by atoms with van der Waals surface area (Å²) in [6.07, 6.45) is -3.44. The van der Waals surface area contributed by atoms with Crippen LogP contribution in [0.5, 0.6) is 5.75 Å². The van der Waals surface area contributed by atoms with Crippen molar-refractivity contribution in [2.24, 2.45) is 0 Å². The Hall–Kier alpha value is -2.53. The molecule has 122 valence electrons. The molecule has 2 aromatic rings. The lowest BCUT2D eigenvalue weighted by Crippen LogP contribution is -2.11. The Kier molecular flexibility index (Phi) is 4.91. The van der Waals surface area contributed by atoms with Crippen LogP contribution in [-0.2, 0) is 19.1 Å². The summed E-state index contributed by atoms with van der Waals surface area (Å²) in [4.78, 5) is 0. The first-order valence-corrected chi connectivity index (χ1v) is 6.70. The fourth-order valence-corrected chi connectivity index (χ4v) is 2.20. The van der Waals surface area contributed by atoms with Crippen LogP contribution in [0, 0.1) is 11.3 Å². The lowest BCUT2D eigenvalue weighted by atomic mass is 10.1. The normalized spacial score (nSPS) is 11.3. The van der Waals surface area contributed by atoms with E-state index >= 15 is 0 Å². The molecule has 0 unspecified atom stereocenters. The van der Waals surface area contributed by atoms with Crippen molar-refractivity contribution in [1.82, 2.24) is 9.78 Å². The zero-order valence-electron chi connectivity index (χ0n) is 12.3. The standard InChI is InChI=1S/C15H14F3N3O2/c1-23-13-6-10(7-19)2-3-11(13)8-21-9-12(4-5-22)14(20-21)15(16,17)18/h2-3,6,9,22H,4-5,8H2,1H3. The van der Waals surface area contributed by atoms with Gasteiger partial charge in [-0.05, 0) is 18.6 Å². The number of nitriles is 1. The fraction of sp³-hybridized carbons (Fsp3) is 0.333. The molecule has 1 aromatic carbocycles. The fourth-order valence-electron chi connectivity index (χ4n) is 2.20. The zero-order valence-corrected chi connectivity index (χ0v) is 12.3. The first kappa shape index (κ1) is 16.8. The van der Waals surface area contributed by atoms with E-state index in [0.717, 1.165) is 4.68 Å². The van der Waals surface area contributed by atoms with Crippen LogP contribution in [0.15, 0.2) is 24.4 Å². The number of aliphatic hydroxyl groups excluding tert-OH is 1. The first-order valence-electron chi connectivity index (χ1n) is 6.70. The number of halogens is 3. The minimum Gasteiger partial charge on any atom is -0.496 e. The molecule has 8 heteroatoms. The first-order chi connectivity index (χ1) is 10.9. The maximum absolute atomic E-state index is 12.9. The highest BCUT2D eigenvalue weighted by atomic mass is 19.4. The van der Waals surface area contributed by atoms with Gasteiger partial charge in [0.25, 0.3) is 0 Å². The third-order valence-corrected chi connectivity index (χ3v) is 3.24. The summed E-state index contributed by atoms with van der Waals surface area (Å²) in [5.41, 5.74) is -0.0759. The Morgan fingerprint density at radius 2 is 2.09 bits per heavy atom. The number of alkyl halides is 3. The molecule has 0 saturated carbocycles. The van der Waals surface area contributed by atoms with E-state index in [1.807, 2.05) is 6.07 Å². The van der Waals surface area contributed by atoms with Gasteiger partial charge in [-0.3, -0.25) is 4.68 Å². The van der Waals surface area contributed by atoms with Gasteiger partial charge in [0.05, 0.1) is 25.3 Å². The predicted octanol–water partition coefficient (Wildman–Crippen LogP) is 2.37. The average molecular weight is 325 g/mol. The zero-order chi connectivity index (χ0) is 17.0. The minimum absolute atomic E-state index is 0.0589. The second-order valence-electron chi connectivity index (χ2n) is 4.81. The Balaban J connectivity index is 2.36. The van der Waals surface area contributed by atoms with Crippen LogP contribution in [0.3, 0.4) is 0 Å². The van der Waals surface area contributed by atoms with Gasteiger partial charge in [-0.2, -0.15) is 23.5 Å². The summed E-state index contributed by atoms with van der Waals surface area (Å²) < 4.78 is 45.2. The Labute approximate surface area is 130 Å². The average Bonchev–Trinajstić information content (AvgIpc) is 2.91. The second-order valence-corrected chi connectivity index (χ2v) is 4.81. The number of nitrogens with zero attached hydrogens (tertiary/aromatic N) is 3. The molecule has 0 aliphatic carbocycles. The molecule has 0 aliphatic rings. The van der Waals surface area contributed by atoms with Crippen LogP contribution in [0.25, 0.3) is 0 Å². The lowest BCUT2D eigenvalue weighted by molar-refractivity contribution is -0.142. The van der Waals surface area contributed by atoms with Crippen LogP contribution in [0.4, 0.5) is 13.2 Å². The number of hydrogen-bond donors (Lipinski definition) is 1. The summed E-state index contributed by atoms with van der Waals surface area (Å²) in [5, 5.41) is 21.3. The molecule has 0 atom stereocenters. The van der Waals surface area contributed by atoms with Gasteiger partial charge < -0.3 is 9.84 Å². The van der Waals surface area contributed by atoms with Crippen molar-refractivity contribution < 1.29 is 23.0 Å². The molecule has 1 aromatic heterocycles. The maximum atomic E-state index is 12.9. The van der Waals surface area contributed by atoms with Crippen molar-refractivity contribution in [3.63, 3.8) is 0 Å². The van der Waals surface area contributed by atoms with Crippen LogP contribution < -0.4 is 4.74 Å². The third-order valence-electron chi connectivity index (χ3n) is 3.24. The summed E-state index contributed by atoms with van der Waals surface area (Å²) in [7, 11) is 1.42. The summed E-state index contributed by atoms with van der Waals surface area (Å²) in [6.45, 7) is -0.335. The van der Waals surface area contributed by atoms with Gasteiger partial charge in [0.1, 0.15) is 5.75 Å². The molecular weight excluding hydrogens is 311 g/mol. The lowest BCUT2D eigenvalue weighted by Gasteiger charge is -2.09. The molecule has 0 spiro atoms. The van der Waals surface area contributed by atoms with Crippen molar-refractivity contribution in [2.45, 2.75) is 19.1 Å². The molecular formula is C15H14F3N3O2. The molecule has 1 N–H and O–H groups in total. The minimum atomic E-state index is -4.58. The second kappa shape index (κ2) is 6.71. The van der Waals surface area contributed by atoms with E-state index in [0.29, 0.717) is 16.9 Å². The highest BCUT2D eigenvalue weighted by Gasteiger charge is 2.36. The van der Waals surface area contributed by atoms with Gasteiger partial charge in [-0.1, -0.05) is 6.07 Å². The van der Waals surface area contributed by atoms with Gasteiger partial charge in [0.2, 0.25) is 0 Å². The molecule has 2 rings (SSSR count). The quantitative estimate of drug-likeness (QED) is 0.916. The van der Waals surface area contributed by atoms with Gasteiger partial charge in [-0.15, -0.1) is 0 Å². The highest BCUT2D eigenvalue weighted by molar-refractivity contribution is 5.42. The van der Waals surface area contributed by atoms with E-state index in [-0.39, 0.29) is 18.5 Å². The van der Waals surface area contributed by atoms with Crippen molar-refractivity contribution >= 4 is 0 Å². The van der Waals surface area contributed by atoms with E-state index in [9.17, 15) is 13.2 Å². The number of methoxy groups -OCH3 is 1. The van der Waals surface area contributed by atoms with E-state index < -0.39 is 18.5 Å². The summed E-state index contributed by atoms with van der Waals surface area (Å²) >= 11 is 0. The van der Waals surface area contributed by atoms with Crippen LogP contribution >= 0.6 is 0 Å². The van der Waals surface area contributed by atoms with Crippen molar-refractivity contribution in [1.29, 1.82) is 5.26 Å². The van der Waals surface area contributed by atoms with Crippen LogP contribution in [-0.4, -0.2) is 28.6 Å². The summed E-state index contributed by atoms with van der Waals surface area (Å²) in [6, 6.07) is 6.64. The topological polar surface area (TPSA) is 71.1 Å². The number of hydrogen-bond acceptors (Lipinski definition) is 4. The molecule has 0 aliphatic heterocycles. The largest absolute Gasteiger partial charge is 0.496 e. The number of aromatic nitrogens is 2. The summed E-state index contributed by atoms with van der Waals surface area (Å²) in [5.74, 6) is 0.400. The van der Waals surface area contributed by atoms with E-state index in [2.05, 4.69) is 5.10 Å². The van der Waals surface area contributed by atoms with Crippen molar-refractivity contribution in [3.8, 4) is 11.8 Å². The van der Waals surface area contributed by atoms with Crippen molar-refractivity contribution in [2.75, 3.05) is 13.7 Å². The smallest absolute Gasteiger partial charge is 0.435 e. The van der Waals surface area contributed by atoms with E-state index in [4.69, 9.17) is 15.1 Å². The van der Waals surface area contributed by atoms with Crippen LogP contribution in [0.2, 0.25) is 0 Å². The molecule has 23 heavy (non-hydrogen) atoms. The number of rotatable bonds is 5. The van der Waals surface area contributed by atoms with Crippen LogP contribution in [0.1, 0.15) is 22.4 Å². The van der Waals surface area contributed by atoms with Gasteiger partial charge in [-0.25, -0.2) is 0 Å². The molecule has 5 nitrogen and oxygen atoms in total. The molecule has 1 heterocycles. The molecule has 0 amide bonds. The third kappa shape index (κ3) is 3.81. The monoisotopic (exact) mass is 325 g/mol. The molecule has 0 bridgehead atoms. The highest BCUT2D eigenvalue weighted by Crippen LogP contribution is 2.31. The number of ether oxygens (including phenoxy) is 1. The molecule has 0 saturated heterocycles. The van der Waals surface area contributed by atoms with Crippen molar-refractivity contribution in [3.05, 3.63) is 46.8 Å². The predicted molar refractivity (Wildman–Crippen MR) is 74.8 cm³/mol. The van der Waals surface area contributed by atoms with E-state index in [1.54, 1.807) is 12.1 Å². The molecule has 0 radical (unpaired) electrons. The number of benzene rings is 1. The maximum Gasteiger partial charge on any atom is 0.435 e. The van der Waals surface area contributed by atoms with Gasteiger partial charge in [0.15, 0.2) is 5.69 Å².